The maximum absolute atomic E-state index is 12.4. The van der Waals surface area contributed by atoms with E-state index in [1.54, 1.807) is 11.1 Å². The Kier molecular flexibility index (Phi) is 5.98. The molecule has 0 aliphatic carbocycles. The number of aliphatic hydroxyl groups is 2. The van der Waals surface area contributed by atoms with Crippen LogP contribution in [0.3, 0.4) is 0 Å². The third-order valence-electron chi connectivity index (χ3n) is 4.84. The number of amides is 1. The molecule has 0 radical (unpaired) electrons. The molecule has 1 aliphatic rings. The van der Waals surface area contributed by atoms with E-state index in [2.05, 4.69) is 10.3 Å². The molecule has 1 fully saturated rings. The third-order valence-corrected chi connectivity index (χ3v) is 4.84. The molecule has 0 spiro atoms. The van der Waals surface area contributed by atoms with Crippen LogP contribution in [0.25, 0.3) is 0 Å². The van der Waals surface area contributed by atoms with E-state index >= 15 is 0 Å². The summed E-state index contributed by atoms with van der Waals surface area (Å²) in [6, 6.07) is 15.2. The van der Waals surface area contributed by atoms with Crippen LogP contribution in [0, 0.1) is 0 Å². The third kappa shape index (κ3) is 4.66. The van der Waals surface area contributed by atoms with Gasteiger partial charge in [0.15, 0.2) is 0 Å². The minimum Gasteiger partial charge on any atom is -0.388 e. The molecule has 0 saturated carbocycles. The molecule has 6 nitrogen and oxygen atoms in total. The van der Waals surface area contributed by atoms with Gasteiger partial charge >= 0.3 is 0 Å². The normalized spacial score (nSPS) is 23.0. The molecule has 2 atom stereocenters. The Bertz CT molecular complexity index is 711. The number of carbonyl (C=O) groups excluding carboxylic acids is 1. The van der Waals surface area contributed by atoms with Gasteiger partial charge < -0.3 is 20.4 Å². The zero-order valence-corrected chi connectivity index (χ0v) is 14.7. The average Bonchev–Trinajstić information content (AvgIpc) is 2.66. The second-order valence-electron chi connectivity index (χ2n) is 6.80. The van der Waals surface area contributed by atoms with Crippen LogP contribution in [-0.4, -0.2) is 57.3 Å². The first-order valence-corrected chi connectivity index (χ1v) is 8.89. The number of rotatable bonds is 6. The van der Waals surface area contributed by atoms with Gasteiger partial charge in [0.25, 0.3) is 0 Å². The molecular formula is C20H25N3O3. The van der Waals surface area contributed by atoms with Crippen LogP contribution in [-0.2, 0) is 17.8 Å². The van der Waals surface area contributed by atoms with Crippen molar-refractivity contribution in [3.63, 3.8) is 0 Å². The molecule has 1 saturated heterocycles. The van der Waals surface area contributed by atoms with Crippen LogP contribution in [0.4, 0.5) is 0 Å². The topological polar surface area (TPSA) is 85.7 Å². The van der Waals surface area contributed by atoms with Crippen LogP contribution in [0.5, 0.6) is 0 Å². The lowest BCUT2D eigenvalue weighted by Gasteiger charge is -2.42. The number of likely N-dealkylation sites (tertiary alicyclic amines) is 1. The van der Waals surface area contributed by atoms with Crippen molar-refractivity contribution in [2.24, 2.45) is 0 Å². The van der Waals surface area contributed by atoms with Gasteiger partial charge in [-0.3, -0.25) is 9.78 Å². The lowest BCUT2D eigenvalue weighted by atomic mass is 9.88. The highest BCUT2D eigenvalue weighted by atomic mass is 16.3. The monoisotopic (exact) mass is 355 g/mol. The van der Waals surface area contributed by atoms with Gasteiger partial charge in [0.2, 0.25) is 5.91 Å². The van der Waals surface area contributed by atoms with Crippen molar-refractivity contribution in [3.8, 4) is 0 Å². The van der Waals surface area contributed by atoms with E-state index in [4.69, 9.17) is 0 Å². The van der Waals surface area contributed by atoms with Crippen LogP contribution in [0.15, 0.2) is 54.7 Å². The summed E-state index contributed by atoms with van der Waals surface area (Å²) in [5, 5.41) is 24.3. The molecule has 0 bridgehead atoms. The molecule has 2 heterocycles. The fraction of sp³-hybridized carbons (Fsp3) is 0.400. The number of β-amino-alcohol motifs (C(OH)–C–C–N with tert-alkyl or cyclic N) is 1. The second kappa shape index (κ2) is 8.40. The standard InChI is InChI=1S/C20H25N3O3/c24-18-14-23(19(25)12-16-6-2-1-3-7-16)11-9-20(18,26)15-21-13-17-8-4-5-10-22-17/h1-8,10,18,21,24,26H,9,11-15H2/t18-,20-/m0/s1. The Balaban J connectivity index is 1.49. The van der Waals surface area contributed by atoms with E-state index in [1.165, 1.54) is 0 Å². The lowest BCUT2D eigenvalue weighted by molar-refractivity contribution is -0.148. The van der Waals surface area contributed by atoms with Gasteiger partial charge in [-0.05, 0) is 24.1 Å². The summed E-state index contributed by atoms with van der Waals surface area (Å²) >= 11 is 0. The highest BCUT2D eigenvalue weighted by Crippen LogP contribution is 2.23. The SMILES string of the molecule is O=C(Cc1ccccc1)N1CC[C@](O)(CNCc2ccccn2)[C@@H](O)C1. The molecule has 0 unspecified atom stereocenters. The first kappa shape index (κ1) is 18.5. The molecule has 6 heteroatoms. The van der Waals surface area contributed by atoms with Crippen molar-refractivity contribution in [2.75, 3.05) is 19.6 Å². The summed E-state index contributed by atoms with van der Waals surface area (Å²) in [7, 11) is 0. The maximum atomic E-state index is 12.4. The van der Waals surface area contributed by atoms with Gasteiger partial charge in [0, 0.05) is 32.4 Å². The smallest absolute Gasteiger partial charge is 0.227 e. The van der Waals surface area contributed by atoms with E-state index < -0.39 is 11.7 Å². The molecule has 1 aromatic heterocycles. The lowest BCUT2D eigenvalue weighted by Crippen LogP contribution is -2.60. The fourth-order valence-corrected chi connectivity index (χ4v) is 3.19. The maximum Gasteiger partial charge on any atom is 0.227 e. The van der Waals surface area contributed by atoms with Crippen molar-refractivity contribution in [1.82, 2.24) is 15.2 Å². The molecule has 138 valence electrons. The Hall–Kier alpha value is -2.28. The number of carbonyl (C=O) groups is 1. The quantitative estimate of drug-likeness (QED) is 0.712. The zero-order chi connectivity index (χ0) is 18.4. The highest BCUT2D eigenvalue weighted by Gasteiger charge is 2.41. The van der Waals surface area contributed by atoms with Crippen molar-refractivity contribution in [1.29, 1.82) is 0 Å². The Morgan fingerprint density at radius 3 is 2.69 bits per heavy atom. The van der Waals surface area contributed by atoms with E-state index in [0.29, 0.717) is 25.9 Å². The van der Waals surface area contributed by atoms with Gasteiger partial charge in [0.05, 0.1) is 12.1 Å². The molecule has 1 amide bonds. The van der Waals surface area contributed by atoms with Crippen LogP contribution in [0.1, 0.15) is 17.7 Å². The first-order valence-electron chi connectivity index (χ1n) is 8.89. The van der Waals surface area contributed by atoms with E-state index in [9.17, 15) is 15.0 Å². The van der Waals surface area contributed by atoms with Crippen LogP contribution < -0.4 is 5.32 Å². The number of aliphatic hydroxyl groups excluding tert-OH is 1. The fourth-order valence-electron chi connectivity index (χ4n) is 3.19. The van der Waals surface area contributed by atoms with Crippen LogP contribution in [0.2, 0.25) is 0 Å². The minimum absolute atomic E-state index is 0.0289. The molecule has 1 aliphatic heterocycles. The first-order chi connectivity index (χ1) is 12.6. The summed E-state index contributed by atoms with van der Waals surface area (Å²) < 4.78 is 0. The average molecular weight is 355 g/mol. The molecular weight excluding hydrogens is 330 g/mol. The van der Waals surface area contributed by atoms with Crippen molar-refractivity contribution >= 4 is 5.91 Å². The number of hydrogen-bond donors (Lipinski definition) is 3. The number of piperidine rings is 1. The number of nitrogens with one attached hydrogen (secondary N) is 1. The van der Waals surface area contributed by atoms with Crippen molar-refractivity contribution in [3.05, 3.63) is 66.0 Å². The molecule has 3 N–H and O–H groups in total. The van der Waals surface area contributed by atoms with Gasteiger partial charge in [-0.25, -0.2) is 0 Å². The summed E-state index contributed by atoms with van der Waals surface area (Å²) in [6.45, 7) is 1.36. The van der Waals surface area contributed by atoms with Gasteiger partial charge in [-0.2, -0.15) is 0 Å². The minimum atomic E-state index is -1.24. The second-order valence-corrected chi connectivity index (χ2v) is 6.80. The summed E-state index contributed by atoms with van der Waals surface area (Å²) in [6.07, 6.45) is 1.39. The number of hydrogen-bond acceptors (Lipinski definition) is 5. The summed E-state index contributed by atoms with van der Waals surface area (Å²) in [5.41, 5.74) is 0.587. The number of pyridine rings is 1. The molecule has 1 aromatic carbocycles. The number of aromatic nitrogens is 1. The Morgan fingerprint density at radius 2 is 2.00 bits per heavy atom. The molecule has 2 aromatic rings. The number of nitrogens with zero attached hydrogens (tertiary/aromatic N) is 2. The van der Waals surface area contributed by atoms with E-state index in [1.807, 2.05) is 48.5 Å². The van der Waals surface area contributed by atoms with Crippen molar-refractivity contribution < 1.29 is 15.0 Å². The van der Waals surface area contributed by atoms with Crippen molar-refractivity contribution in [2.45, 2.75) is 31.1 Å². The Labute approximate surface area is 153 Å². The van der Waals surface area contributed by atoms with Crippen LogP contribution >= 0.6 is 0 Å². The van der Waals surface area contributed by atoms with Gasteiger partial charge in [0.1, 0.15) is 11.7 Å². The zero-order valence-electron chi connectivity index (χ0n) is 14.7. The predicted octanol–water partition coefficient (Wildman–Crippen LogP) is 0.738. The van der Waals surface area contributed by atoms with E-state index in [-0.39, 0.29) is 19.0 Å². The Morgan fingerprint density at radius 1 is 1.23 bits per heavy atom. The highest BCUT2D eigenvalue weighted by molar-refractivity contribution is 5.79. The van der Waals surface area contributed by atoms with Gasteiger partial charge in [-0.1, -0.05) is 36.4 Å². The predicted molar refractivity (Wildman–Crippen MR) is 98.2 cm³/mol. The summed E-state index contributed by atoms with van der Waals surface area (Å²) in [5.74, 6) is -0.0289. The van der Waals surface area contributed by atoms with Gasteiger partial charge in [-0.15, -0.1) is 0 Å². The largest absolute Gasteiger partial charge is 0.388 e. The van der Waals surface area contributed by atoms with E-state index in [0.717, 1.165) is 11.3 Å². The molecule has 3 rings (SSSR count). The number of benzene rings is 1. The summed E-state index contributed by atoms with van der Waals surface area (Å²) in [4.78, 5) is 18.3. The molecule has 26 heavy (non-hydrogen) atoms.